The molecule has 19 heavy (non-hydrogen) atoms. The maximum Gasteiger partial charge on any atom is 0.0534 e. The van der Waals surface area contributed by atoms with Gasteiger partial charge in [-0.15, -0.1) is 0 Å². The van der Waals surface area contributed by atoms with E-state index in [4.69, 9.17) is 0 Å². The summed E-state index contributed by atoms with van der Waals surface area (Å²) in [5.41, 5.74) is 2.61. The predicted molar refractivity (Wildman–Crippen MR) is 73.7 cm³/mol. The minimum Gasteiger partial charge on any atom is -0.299 e. The zero-order valence-corrected chi connectivity index (χ0v) is 11.4. The van der Waals surface area contributed by atoms with Gasteiger partial charge in [0.2, 0.25) is 0 Å². The van der Waals surface area contributed by atoms with Gasteiger partial charge < -0.3 is 0 Å². The van der Waals surface area contributed by atoms with E-state index < -0.39 is 0 Å². The van der Waals surface area contributed by atoms with Crippen LogP contribution in [-0.4, -0.2) is 38.0 Å². The molecule has 0 aliphatic carbocycles. The first-order valence-corrected chi connectivity index (χ1v) is 7.08. The third-order valence-electron chi connectivity index (χ3n) is 3.97. The van der Waals surface area contributed by atoms with Gasteiger partial charge in [0, 0.05) is 42.7 Å². The van der Waals surface area contributed by atoms with E-state index in [9.17, 15) is 0 Å². The number of hydrogen-bond donors (Lipinski definition) is 1. The zero-order valence-electron chi connectivity index (χ0n) is 11.4. The first-order chi connectivity index (χ1) is 9.35. The molecule has 5 heteroatoms. The summed E-state index contributed by atoms with van der Waals surface area (Å²) in [6.07, 6.45) is 8.42. The molecule has 1 N–H and O–H groups in total. The van der Waals surface area contributed by atoms with Crippen molar-refractivity contribution in [3.8, 4) is 0 Å². The van der Waals surface area contributed by atoms with Gasteiger partial charge in [0.05, 0.1) is 6.20 Å². The van der Waals surface area contributed by atoms with Crippen LogP contribution in [0.15, 0.2) is 24.7 Å². The molecule has 0 saturated carbocycles. The fourth-order valence-electron chi connectivity index (χ4n) is 2.82. The normalized spacial score (nSPS) is 17.9. The molecule has 0 unspecified atom stereocenters. The van der Waals surface area contributed by atoms with Crippen molar-refractivity contribution < 1.29 is 0 Å². The molecule has 1 fully saturated rings. The highest BCUT2D eigenvalue weighted by atomic mass is 15.3. The van der Waals surface area contributed by atoms with Gasteiger partial charge in [-0.2, -0.15) is 10.2 Å². The van der Waals surface area contributed by atoms with Gasteiger partial charge in [-0.1, -0.05) is 0 Å². The molecule has 102 valence electrons. The van der Waals surface area contributed by atoms with Crippen molar-refractivity contribution in [2.75, 3.05) is 13.1 Å². The molecule has 0 bridgehead atoms. The van der Waals surface area contributed by atoms with Crippen LogP contribution < -0.4 is 0 Å². The van der Waals surface area contributed by atoms with Crippen LogP contribution in [0.25, 0.3) is 0 Å². The van der Waals surface area contributed by atoms with Crippen molar-refractivity contribution in [2.24, 2.45) is 0 Å². The quantitative estimate of drug-likeness (QED) is 0.913. The monoisotopic (exact) mass is 259 g/mol. The van der Waals surface area contributed by atoms with E-state index in [1.165, 1.54) is 24.1 Å². The predicted octanol–water partition coefficient (Wildman–Crippen LogP) is 2.01. The minimum absolute atomic E-state index is 0.650. The van der Waals surface area contributed by atoms with Crippen LogP contribution in [0.5, 0.6) is 0 Å². The number of hydrogen-bond acceptors (Lipinski definition) is 3. The zero-order chi connectivity index (χ0) is 13.1. The molecular formula is C14H21N5. The van der Waals surface area contributed by atoms with E-state index in [1.807, 2.05) is 17.1 Å². The number of nitrogens with zero attached hydrogens (tertiary/aromatic N) is 4. The standard InChI is InChI=1S/C14H21N5/c1-2-19-11-12(9-16-19)10-18-7-4-13(5-8-18)14-3-6-15-17-14/h3,6,9,11,13H,2,4-5,7-8,10H2,1H3,(H,15,17). The molecule has 0 radical (unpaired) electrons. The first-order valence-electron chi connectivity index (χ1n) is 7.08. The molecule has 5 nitrogen and oxygen atoms in total. The summed E-state index contributed by atoms with van der Waals surface area (Å²) >= 11 is 0. The highest BCUT2D eigenvalue weighted by molar-refractivity contribution is 5.08. The van der Waals surface area contributed by atoms with E-state index in [1.54, 1.807) is 0 Å². The number of piperidine rings is 1. The van der Waals surface area contributed by atoms with Gasteiger partial charge in [-0.05, 0) is 38.9 Å². The molecule has 1 saturated heterocycles. The fourth-order valence-corrected chi connectivity index (χ4v) is 2.82. The van der Waals surface area contributed by atoms with Crippen LogP contribution in [0.4, 0.5) is 0 Å². The topological polar surface area (TPSA) is 49.7 Å². The van der Waals surface area contributed by atoms with Crippen molar-refractivity contribution >= 4 is 0 Å². The molecule has 0 spiro atoms. The number of aromatic nitrogens is 4. The Bertz CT molecular complexity index is 494. The van der Waals surface area contributed by atoms with Crippen LogP contribution in [0.2, 0.25) is 0 Å². The fraction of sp³-hybridized carbons (Fsp3) is 0.571. The van der Waals surface area contributed by atoms with Gasteiger partial charge in [-0.25, -0.2) is 0 Å². The average molecular weight is 259 g/mol. The average Bonchev–Trinajstić information content (AvgIpc) is 3.10. The number of nitrogens with one attached hydrogen (secondary N) is 1. The van der Waals surface area contributed by atoms with Crippen LogP contribution >= 0.6 is 0 Å². The molecule has 3 heterocycles. The second kappa shape index (κ2) is 5.57. The van der Waals surface area contributed by atoms with Crippen molar-refractivity contribution in [1.82, 2.24) is 24.9 Å². The summed E-state index contributed by atoms with van der Waals surface area (Å²) in [7, 11) is 0. The maximum atomic E-state index is 4.33. The van der Waals surface area contributed by atoms with E-state index >= 15 is 0 Å². The van der Waals surface area contributed by atoms with Gasteiger partial charge in [-0.3, -0.25) is 14.7 Å². The van der Waals surface area contributed by atoms with Crippen LogP contribution in [-0.2, 0) is 13.1 Å². The number of aryl methyl sites for hydroxylation is 1. The molecule has 1 aliphatic heterocycles. The number of aromatic amines is 1. The van der Waals surface area contributed by atoms with Crippen molar-refractivity contribution in [1.29, 1.82) is 0 Å². The summed E-state index contributed by atoms with van der Waals surface area (Å²) in [5.74, 6) is 0.650. The SMILES string of the molecule is CCn1cc(CN2CCC(c3ccn[nH]3)CC2)cn1. The third-order valence-corrected chi connectivity index (χ3v) is 3.97. The Morgan fingerprint density at radius 2 is 2.21 bits per heavy atom. The third kappa shape index (κ3) is 2.87. The second-order valence-corrected chi connectivity index (χ2v) is 5.27. The molecule has 0 aromatic carbocycles. The van der Waals surface area contributed by atoms with Gasteiger partial charge in [0.1, 0.15) is 0 Å². The lowest BCUT2D eigenvalue weighted by Gasteiger charge is -2.31. The van der Waals surface area contributed by atoms with E-state index in [0.29, 0.717) is 5.92 Å². The molecule has 2 aromatic rings. The Hall–Kier alpha value is -1.62. The minimum atomic E-state index is 0.650. The summed E-state index contributed by atoms with van der Waals surface area (Å²) in [4.78, 5) is 2.52. The molecule has 2 aromatic heterocycles. The lowest BCUT2D eigenvalue weighted by atomic mass is 9.93. The number of H-pyrrole nitrogens is 1. The van der Waals surface area contributed by atoms with Gasteiger partial charge in [0.25, 0.3) is 0 Å². The summed E-state index contributed by atoms with van der Waals surface area (Å²) in [6, 6.07) is 2.10. The smallest absolute Gasteiger partial charge is 0.0534 e. The van der Waals surface area contributed by atoms with Gasteiger partial charge >= 0.3 is 0 Å². The van der Waals surface area contributed by atoms with Crippen molar-refractivity contribution in [3.63, 3.8) is 0 Å². The Morgan fingerprint density at radius 3 is 2.84 bits per heavy atom. The van der Waals surface area contributed by atoms with Gasteiger partial charge in [0.15, 0.2) is 0 Å². The van der Waals surface area contributed by atoms with E-state index in [2.05, 4.69) is 39.4 Å². The Balaban J connectivity index is 1.52. The van der Waals surface area contributed by atoms with Crippen molar-refractivity contribution in [3.05, 3.63) is 35.9 Å². The highest BCUT2D eigenvalue weighted by Crippen LogP contribution is 2.26. The second-order valence-electron chi connectivity index (χ2n) is 5.27. The van der Waals surface area contributed by atoms with Crippen LogP contribution in [0, 0.1) is 0 Å². The summed E-state index contributed by atoms with van der Waals surface area (Å²) in [5, 5.41) is 11.5. The summed E-state index contributed by atoms with van der Waals surface area (Å²) in [6.45, 7) is 6.40. The lowest BCUT2D eigenvalue weighted by molar-refractivity contribution is 0.203. The van der Waals surface area contributed by atoms with E-state index in [-0.39, 0.29) is 0 Å². The Kier molecular flexibility index (Phi) is 3.64. The Labute approximate surface area is 113 Å². The summed E-state index contributed by atoms with van der Waals surface area (Å²) < 4.78 is 1.99. The largest absolute Gasteiger partial charge is 0.299 e. The Morgan fingerprint density at radius 1 is 1.37 bits per heavy atom. The maximum absolute atomic E-state index is 4.33. The molecule has 0 atom stereocenters. The number of likely N-dealkylation sites (tertiary alicyclic amines) is 1. The molecule has 3 rings (SSSR count). The molecular weight excluding hydrogens is 238 g/mol. The van der Waals surface area contributed by atoms with Crippen LogP contribution in [0.1, 0.15) is 36.9 Å². The van der Waals surface area contributed by atoms with Crippen molar-refractivity contribution in [2.45, 2.75) is 38.8 Å². The molecule has 1 aliphatic rings. The first kappa shape index (κ1) is 12.4. The van der Waals surface area contributed by atoms with E-state index in [0.717, 1.165) is 26.2 Å². The highest BCUT2D eigenvalue weighted by Gasteiger charge is 2.21. The number of rotatable bonds is 4. The lowest BCUT2D eigenvalue weighted by Crippen LogP contribution is -2.32. The van der Waals surface area contributed by atoms with Crippen LogP contribution in [0.3, 0.4) is 0 Å². The molecule has 0 amide bonds.